The van der Waals surface area contributed by atoms with Crippen LogP contribution in [0.15, 0.2) is 0 Å². The Balaban J connectivity index is 2.07. The zero-order valence-electron chi connectivity index (χ0n) is 9.05. The van der Waals surface area contributed by atoms with Gasteiger partial charge in [0, 0.05) is 7.05 Å². The summed E-state index contributed by atoms with van der Waals surface area (Å²) in [5.74, 6) is 2.83. The topological polar surface area (TPSA) is 29.1 Å². The lowest BCUT2D eigenvalue weighted by molar-refractivity contribution is -0.118. The molecule has 0 aromatic heterocycles. The molecule has 0 bridgehead atoms. The highest BCUT2D eigenvalue weighted by Crippen LogP contribution is 2.25. The molecular formula is C11H21NOS. The summed E-state index contributed by atoms with van der Waals surface area (Å²) < 4.78 is 0. The summed E-state index contributed by atoms with van der Waals surface area (Å²) in [5, 5.41) is 2.66. The van der Waals surface area contributed by atoms with Crippen LogP contribution in [0.1, 0.15) is 38.5 Å². The molecule has 0 heterocycles. The van der Waals surface area contributed by atoms with Crippen molar-refractivity contribution in [2.45, 2.75) is 38.5 Å². The fourth-order valence-electron chi connectivity index (χ4n) is 1.92. The van der Waals surface area contributed by atoms with Crippen LogP contribution < -0.4 is 5.32 Å². The fraction of sp³-hybridized carbons (Fsp3) is 0.909. The maximum Gasteiger partial charge on any atom is 0.229 e. The lowest BCUT2D eigenvalue weighted by Crippen LogP contribution is -2.20. The Hall–Kier alpha value is -0.180. The Labute approximate surface area is 91.2 Å². The van der Waals surface area contributed by atoms with Gasteiger partial charge in [0.25, 0.3) is 0 Å². The van der Waals surface area contributed by atoms with E-state index in [1.165, 1.54) is 44.3 Å². The van der Waals surface area contributed by atoms with Crippen LogP contribution in [-0.2, 0) is 4.79 Å². The summed E-state index contributed by atoms with van der Waals surface area (Å²) in [7, 11) is 1.70. The van der Waals surface area contributed by atoms with Gasteiger partial charge in [0.05, 0.1) is 5.75 Å². The highest BCUT2D eigenvalue weighted by atomic mass is 32.2. The van der Waals surface area contributed by atoms with Gasteiger partial charge in [-0.25, -0.2) is 0 Å². The summed E-state index contributed by atoms with van der Waals surface area (Å²) in [4.78, 5) is 11.0. The highest BCUT2D eigenvalue weighted by molar-refractivity contribution is 7.99. The lowest BCUT2D eigenvalue weighted by Gasteiger charge is -2.12. The molecule has 1 saturated carbocycles. The molecule has 0 atom stereocenters. The maximum absolute atomic E-state index is 11.0. The van der Waals surface area contributed by atoms with Crippen LogP contribution >= 0.6 is 11.8 Å². The van der Waals surface area contributed by atoms with E-state index in [2.05, 4.69) is 5.32 Å². The highest BCUT2D eigenvalue weighted by Gasteiger charge is 2.12. The minimum Gasteiger partial charge on any atom is -0.358 e. The number of carbonyl (C=O) groups excluding carboxylic acids is 1. The first kappa shape index (κ1) is 11.9. The Morgan fingerprint density at radius 3 is 2.50 bits per heavy atom. The van der Waals surface area contributed by atoms with Crippen molar-refractivity contribution in [3.63, 3.8) is 0 Å². The molecule has 0 saturated heterocycles. The smallest absolute Gasteiger partial charge is 0.229 e. The van der Waals surface area contributed by atoms with Crippen LogP contribution in [0.3, 0.4) is 0 Å². The van der Waals surface area contributed by atoms with E-state index in [1.54, 1.807) is 18.8 Å². The van der Waals surface area contributed by atoms with Crippen molar-refractivity contribution in [1.29, 1.82) is 0 Å². The molecule has 1 fully saturated rings. The summed E-state index contributed by atoms with van der Waals surface area (Å²) in [5.41, 5.74) is 0. The molecule has 0 radical (unpaired) electrons. The second kappa shape index (κ2) is 7.16. The Kier molecular flexibility index (Phi) is 6.08. The van der Waals surface area contributed by atoms with Crippen LogP contribution in [0.2, 0.25) is 0 Å². The van der Waals surface area contributed by atoms with Crippen molar-refractivity contribution < 1.29 is 4.79 Å². The van der Waals surface area contributed by atoms with Gasteiger partial charge in [-0.3, -0.25) is 4.79 Å². The maximum atomic E-state index is 11.0. The molecule has 0 aromatic carbocycles. The molecule has 14 heavy (non-hydrogen) atoms. The average molecular weight is 215 g/mol. The van der Waals surface area contributed by atoms with Gasteiger partial charge >= 0.3 is 0 Å². The molecule has 1 amide bonds. The van der Waals surface area contributed by atoms with Crippen LogP contribution in [0.25, 0.3) is 0 Å². The first-order valence-corrected chi connectivity index (χ1v) is 6.76. The first-order valence-electron chi connectivity index (χ1n) is 5.61. The van der Waals surface area contributed by atoms with Crippen molar-refractivity contribution in [3.8, 4) is 0 Å². The van der Waals surface area contributed by atoms with Crippen molar-refractivity contribution in [2.75, 3.05) is 18.6 Å². The second-order valence-corrected chi connectivity index (χ2v) is 5.08. The molecule has 82 valence electrons. The van der Waals surface area contributed by atoms with Crippen LogP contribution in [0.5, 0.6) is 0 Å². The van der Waals surface area contributed by atoms with Gasteiger partial charge in [0.15, 0.2) is 0 Å². The SMILES string of the molecule is CNC(=O)CSCC1CCCCCC1. The van der Waals surface area contributed by atoms with Crippen LogP contribution in [0, 0.1) is 5.92 Å². The molecule has 1 N–H and O–H groups in total. The van der Waals surface area contributed by atoms with Gasteiger partial charge in [-0.05, 0) is 24.5 Å². The number of rotatable bonds is 4. The van der Waals surface area contributed by atoms with E-state index in [0.29, 0.717) is 5.75 Å². The summed E-state index contributed by atoms with van der Waals surface area (Å²) in [6.07, 6.45) is 8.37. The summed E-state index contributed by atoms with van der Waals surface area (Å²) in [6, 6.07) is 0. The standard InChI is InChI=1S/C11H21NOS/c1-12-11(13)9-14-8-10-6-4-2-3-5-7-10/h10H,2-9H2,1H3,(H,12,13). The third-order valence-corrected chi connectivity index (χ3v) is 4.01. The molecule has 1 rings (SSSR count). The predicted octanol–water partition coefficient (Wildman–Crippen LogP) is 2.44. The number of hydrogen-bond donors (Lipinski definition) is 1. The van der Waals surface area contributed by atoms with Crippen molar-refractivity contribution >= 4 is 17.7 Å². The Bertz CT molecular complexity index is 165. The molecular weight excluding hydrogens is 194 g/mol. The minimum atomic E-state index is 0.156. The first-order chi connectivity index (χ1) is 6.83. The molecule has 1 aliphatic rings. The third kappa shape index (κ3) is 4.89. The Morgan fingerprint density at radius 2 is 1.93 bits per heavy atom. The van der Waals surface area contributed by atoms with Crippen molar-refractivity contribution in [1.82, 2.24) is 5.32 Å². The predicted molar refractivity (Wildman–Crippen MR) is 62.6 cm³/mol. The number of nitrogens with one attached hydrogen (secondary N) is 1. The average Bonchev–Trinajstić information content (AvgIpc) is 2.46. The van der Waals surface area contributed by atoms with Gasteiger partial charge in [0.2, 0.25) is 5.91 Å². The Morgan fingerprint density at radius 1 is 1.29 bits per heavy atom. The van der Waals surface area contributed by atoms with Gasteiger partial charge in [-0.2, -0.15) is 11.8 Å². The molecule has 0 aromatic rings. The van der Waals surface area contributed by atoms with E-state index in [4.69, 9.17) is 0 Å². The van der Waals surface area contributed by atoms with E-state index in [0.717, 1.165) is 5.92 Å². The molecule has 0 aliphatic heterocycles. The number of hydrogen-bond acceptors (Lipinski definition) is 2. The zero-order chi connectivity index (χ0) is 10.2. The van der Waals surface area contributed by atoms with Crippen molar-refractivity contribution in [3.05, 3.63) is 0 Å². The molecule has 1 aliphatic carbocycles. The van der Waals surface area contributed by atoms with E-state index >= 15 is 0 Å². The van der Waals surface area contributed by atoms with Crippen LogP contribution in [-0.4, -0.2) is 24.5 Å². The second-order valence-electron chi connectivity index (χ2n) is 4.05. The quantitative estimate of drug-likeness (QED) is 0.730. The van der Waals surface area contributed by atoms with Gasteiger partial charge in [0.1, 0.15) is 0 Å². The largest absolute Gasteiger partial charge is 0.358 e. The fourth-order valence-corrected chi connectivity index (χ4v) is 3.04. The van der Waals surface area contributed by atoms with Gasteiger partial charge < -0.3 is 5.32 Å². The zero-order valence-corrected chi connectivity index (χ0v) is 9.87. The van der Waals surface area contributed by atoms with E-state index in [1.807, 2.05) is 0 Å². The van der Waals surface area contributed by atoms with E-state index < -0.39 is 0 Å². The monoisotopic (exact) mass is 215 g/mol. The molecule has 0 spiro atoms. The van der Waals surface area contributed by atoms with Crippen LogP contribution in [0.4, 0.5) is 0 Å². The number of amides is 1. The molecule has 3 heteroatoms. The van der Waals surface area contributed by atoms with Gasteiger partial charge in [-0.1, -0.05) is 25.7 Å². The normalized spacial score (nSPS) is 18.9. The summed E-state index contributed by atoms with van der Waals surface area (Å²) >= 11 is 1.79. The lowest BCUT2D eigenvalue weighted by atomic mass is 10.0. The molecule has 2 nitrogen and oxygen atoms in total. The van der Waals surface area contributed by atoms with Gasteiger partial charge in [-0.15, -0.1) is 0 Å². The summed E-state index contributed by atoms with van der Waals surface area (Å²) in [6.45, 7) is 0. The van der Waals surface area contributed by atoms with E-state index in [-0.39, 0.29) is 5.91 Å². The van der Waals surface area contributed by atoms with Crippen molar-refractivity contribution in [2.24, 2.45) is 5.92 Å². The third-order valence-electron chi connectivity index (χ3n) is 2.84. The minimum absolute atomic E-state index is 0.156. The molecule has 0 unspecified atom stereocenters. The van der Waals surface area contributed by atoms with E-state index in [9.17, 15) is 4.79 Å². The number of carbonyl (C=O) groups is 1. The number of thioether (sulfide) groups is 1.